The molecule has 0 radical (unpaired) electrons. The molecule has 1 unspecified atom stereocenters. The Balaban J connectivity index is 1.94. The molecule has 2 rings (SSSR count). The number of nitrogens with one attached hydrogen (secondary N) is 1. The van der Waals surface area contributed by atoms with Crippen LogP contribution in [0.5, 0.6) is 0 Å². The molecule has 0 spiro atoms. The van der Waals surface area contributed by atoms with Crippen LogP contribution < -0.4 is 11.1 Å². The van der Waals surface area contributed by atoms with E-state index in [2.05, 4.69) is 15.3 Å². The Hall–Kier alpha value is -1.04. The van der Waals surface area contributed by atoms with E-state index >= 15 is 0 Å². The summed E-state index contributed by atoms with van der Waals surface area (Å²) in [4.78, 5) is 7.37. The molecule has 1 aliphatic rings. The summed E-state index contributed by atoms with van der Waals surface area (Å²) in [6.45, 7) is 0.734. The largest absolute Gasteiger partial charge is 0.368 e. The van der Waals surface area contributed by atoms with Crippen molar-refractivity contribution in [3.8, 4) is 0 Å². The van der Waals surface area contributed by atoms with Gasteiger partial charge in [-0.15, -0.1) is 0 Å². The van der Waals surface area contributed by atoms with Gasteiger partial charge in [-0.1, -0.05) is 0 Å². The van der Waals surface area contributed by atoms with E-state index in [1.54, 1.807) is 0 Å². The molecule has 1 saturated heterocycles. The molecule has 0 aliphatic carbocycles. The molecule has 0 bridgehead atoms. The molecule has 3 N–H and O–H groups in total. The molecule has 4 nitrogen and oxygen atoms in total. The normalized spacial score (nSPS) is 20.5. The number of anilines is 2. The number of rotatable bonds is 3. The van der Waals surface area contributed by atoms with Gasteiger partial charge in [0, 0.05) is 11.8 Å². The molecule has 1 aromatic rings. The third-order valence-electron chi connectivity index (χ3n) is 2.28. The SMILES string of the molecule is Nc1ncc(F)c(NCC2CCCS2)n1. The highest BCUT2D eigenvalue weighted by Gasteiger charge is 2.16. The van der Waals surface area contributed by atoms with Crippen LogP contribution in [-0.2, 0) is 0 Å². The first kappa shape index (κ1) is 10.5. The maximum Gasteiger partial charge on any atom is 0.222 e. The first-order valence-electron chi connectivity index (χ1n) is 4.89. The lowest BCUT2D eigenvalue weighted by atomic mass is 10.2. The smallest absolute Gasteiger partial charge is 0.222 e. The zero-order chi connectivity index (χ0) is 10.7. The molecule has 82 valence electrons. The predicted molar refractivity (Wildman–Crippen MR) is 60.4 cm³/mol. The second-order valence-corrected chi connectivity index (χ2v) is 4.85. The maximum absolute atomic E-state index is 13.2. The average Bonchev–Trinajstić information content (AvgIpc) is 2.72. The maximum atomic E-state index is 13.2. The quantitative estimate of drug-likeness (QED) is 0.821. The van der Waals surface area contributed by atoms with Gasteiger partial charge < -0.3 is 11.1 Å². The van der Waals surface area contributed by atoms with Crippen LogP contribution in [-0.4, -0.2) is 27.5 Å². The van der Waals surface area contributed by atoms with E-state index in [9.17, 15) is 4.39 Å². The summed E-state index contributed by atoms with van der Waals surface area (Å²) in [5.74, 6) is 1.04. The van der Waals surface area contributed by atoms with Crippen LogP contribution in [0.4, 0.5) is 16.2 Å². The summed E-state index contributed by atoms with van der Waals surface area (Å²) < 4.78 is 13.2. The minimum absolute atomic E-state index is 0.0953. The molecule has 1 atom stereocenters. The van der Waals surface area contributed by atoms with E-state index in [1.165, 1.54) is 18.6 Å². The predicted octanol–water partition coefficient (Wildman–Crippen LogP) is 1.51. The average molecular weight is 228 g/mol. The van der Waals surface area contributed by atoms with Crippen molar-refractivity contribution in [1.29, 1.82) is 0 Å². The first-order valence-corrected chi connectivity index (χ1v) is 5.94. The van der Waals surface area contributed by atoms with Gasteiger partial charge in [0.1, 0.15) is 0 Å². The molecule has 1 aliphatic heterocycles. The second-order valence-electron chi connectivity index (χ2n) is 3.44. The van der Waals surface area contributed by atoms with Crippen LogP contribution in [0, 0.1) is 5.82 Å². The molecule has 0 aromatic carbocycles. The van der Waals surface area contributed by atoms with Gasteiger partial charge in [-0.05, 0) is 18.6 Å². The van der Waals surface area contributed by atoms with Crippen LogP contribution in [0.25, 0.3) is 0 Å². The summed E-state index contributed by atoms with van der Waals surface area (Å²) in [6, 6.07) is 0. The topological polar surface area (TPSA) is 63.8 Å². The van der Waals surface area contributed by atoms with Gasteiger partial charge in [-0.3, -0.25) is 0 Å². The highest BCUT2D eigenvalue weighted by Crippen LogP contribution is 2.26. The van der Waals surface area contributed by atoms with Crippen LogP contribution in [0.2, 0.25) is 0 Å². The summed E-state index contributed by atoms with van der Waals surface area (Å²) in [6.07, 6.45) is 3.51. The Morgan fingerprint density at radius 3 is 3.27 bits per heavy atom. The minimum Gasteiger partial charge on any atom is -0.368 e. The molecule has 1 fully saturated rings. The standard InChI is InChI=1S/C9H13FN4S/c10-7-5-13-9(11)14-8(7)12-4-6-2-1-3-15-6/h5-6H,1-4H2,(H3,11,12,13,14). The number of nitrogens with two attached hydrogens (primary N) is 1. The Labute approximate surface area is 91.9 Å². The fraction of sp³-hybridized carbons (Fsp3) is 0.556. The molecule has 1 aromatic heterocycles. The minimum atomic E-state index is -0.452. The molecule has 0 saturated carbocycles. The lowest BCUT2D eigenvalue weighted by Crippen LogP contribution is -2.16. The number of halogens is 1. The highest BCUT2D eigenvalue weighted by molar-refractivity contribution is 8.00. The highest BCUT2D eigenvalue weighted by atomic mass is 32.2. The van der Waals surface area contributed by atoms with Crippen molar-refractivity contribution in [3.05, 3.63) is 12.0 Å². The Bertz CT molecular complexity index is 341. The van der Waals surface area contributed by atoms with Gasteiger partial charge in [-0.25, -0.2) is 9.37 Å². The van der Waals surface area contributed by atoms with Crippen LogP contribution in [0.1, 0.15) is 12.8 Å². The van der Waals surface area contributed by atoms with Crippen molar-refractivity contribution in [2.24, 2.45) is 0 Å². The van der Waals surface area contributed by atoms with E-state index in [1.807, 2.05) is 11.8 Å². The fourth-order valence-electron chi connectivity index (χ4n) is 1.52. The summed E-state index contributed by atoms with van der Waals surface area (Å²) in [5, 5.41) is 3.52. The monoisotopic (exact) mass is 228 g/mol. The van der Waals surface area contributed by atoms with Crippen LogP contribution in [0.3, 0.4) is 0 Å². The van der Waals surface area contributed by atoms with Crippen molar-refractivity contribution in [1.82, 2.24) is 9.97 Å². The van der Waals surface area contributed by atoms with E-state index in [4.69, 9.17) is 5.73 Å². The number of thioether (sulfide) groups is 1. The first-order chi connectivity index (χ1) is 7.25. The van der Waals surface area contributed by atoms with E-state index in [-0.39, 0.29) is 11.8 Å². The number of hydrogen-bond donors (Lipinski definition) is 2. The third kappa shape index (κ3) is 2.71. The second kappa shape index (κ2) is 4.65. The summed E-state index contributed by atoms with van der Waals surface area (Å²) >= 11 is 1.91. The molecule has 15 heavy (non-hydrogen) atoms. The van der Waals surface area contributed by atoms with Crippen molar-refractivity contribution in [2.45, 2.75) is 18.1 Å². The Morgan fingerprint density at radius 2 is 2.53 bits per heavy atom. The molecule has 2 heterocycles. The zero-order valence-corrected chi connectivity index (χ0v) is 9.06. The van der Waals surface area contributed by atoms with Crippen molar-refractivity contribution in [3.63, 3.8) is 0 Å². The Morgan fingerprint density at radius 1 is 1.67 bits per heavy atom. The van der Waals surface area contributed by atoms with E-state index < -0.39 is 5.82 Å². The number of hydrogen-bond acceptors (Lipinski definition) is 5. The van der Waals surface area contributed by atoms with Gasteiger partial charge >= 0.3 is 0 Å². The number of nitrogens with zero attached hydrogens (tertiary/aromatic N) is 2. The van der Waals surface area contributed by atoms with E-state index in [0.29, 0.717) is 5.25 Å². The van der Waals surface area contributed by atoms with Gasteiger partial charge in [0.25, 0.3) is 0 Å². The van der Waals surface area contributed by atoms with Crippen molar-refractivity contribution < 1.29 is 4.39 Å². The van der Waals surface area contributed by atoms with Crippen molar-refractivity contribution >= 4 is 23.5 Å². The number of nitrogen functional groups attached to an aromatic ring is 1. The van der Waals surface area contributed by atoms with Gasteiger partial charge in [0.2, 0.25) is 5.95 Å². The third-order valence-corrected chi connectivity index (χ3v) is 3.68. The van der Waals surface area contributed by atoms with Crippen molar-refractivity contribution in [2.75, 3.05) is 23.3 Å². The summed E-state index contributed by atoms with van der Waals surface area (Å²) in [5.41, 5.74) is 5.38. The molecule has 6 heteroatoms. The summed E-state index contributed by atoms with van der Waals surface area (Å²) in [7, 11) is 0. The lowest BCUT2D eigenvalue weighted by molar-refractivity contribution is 0.617. The molecular weight excluding hydrogens is 215 g/mol. The van der Waals surface area contributed by atoms with Gasteiger partial charge in [0.15, 0.2) is 11.6 Å². The zero-order valence-electron chi connectivity index (χ0n) is 8.24. The van der Waals surface area contributed by atoms with Gasteiger partial charge in [-0.2, -0.15) is 16.7 Å². The molecule has 0 amide bonds. The lowest BCUT2D eigenvalue weighted by Gasteiger charge is -2.10. The van der Waals surface area contributed by atoms with Gasteiger partial charge in [0.05, 0.1) is 6.20 Å². The van der Waals surface area contributed by atoms with E-state index in [0.717, 1.165) is 12.7 Å². The fourth-order valence-corrected chi connectivity index (χ4v) is 2.72. The van der Waals surface area contributed by atoms with Crippen LogP contribution in [0.15, 0.2) is 6.20 Å². The number of aromatic nitrogens is 2. The Kier molecular flexibility index (Phi) is 3.25. The van der Waals surface area contributed by atoms with Crippen LogP contribution >= 0.6 is 11.8 Å². The molecular formula is C9H13FN4S.